The lowest BCUT2D eigenvalue weighted by Crippen LogP contribution is -2.32. The molecule has 0 spiro atoms. The Hall–Kier alpha value is -0.0800. The van der Waals surface area contributed by atoms with Crippen LogP contribution in [0.15, 0.2) is 0 Å². The van der Waals surface area contributed by atoms with Gasteiger partial charge in [-0.3, -0.25) is 0 Å². The Morgan fingerprint density at radius 1 is 1.00 bits per heavy atom. The fraction of sp³-hybridized carbons (Fsp3) is 1.00. The van der Waals surface area contributed by atoms with Gasteiger partial charge in [0.25, 0.3) is 0 Å². The molecule has 0 saturated heterocycles. The van der Waals surface area contributed by atoms with Crippen LogP contribution in [0.4, 0.5) is 0 Å². The zero-order valence-corrected chi connectivity index (χ0v) is 12.1. The zero-order valence-electron chi connectivity index (χ0n) is 12.1. The van der Waals surface area contributed by atoms with Crippen LogP contribution >= 0.6 is 0 Å². The fourth-order valence-corrected chi connectivity index (χ4v) is 1.52. The lowest BCUT2D eigenvalue weighted by Gasteiger charge is -2.28. The molecule has 0 fully saturated rings. The summed E-state index contributed by atoms with van der Waals surface area (Å²) in [6, 6.07) is 0. The van der Waals surface area contributed by atoms with Crippen LogP contribution in [-0.2, 0) is 0 Å². The lowest BCUT2D eigenvalue weighted by molar-refractivity contribution is 0.0311. The Kier molecular flexibility index (Phi) is 6.57. The van der Waals surface area contributed by atoms with E-state index < -0.39 is 5.60 Å². The molecule has 1 atom stereocenters. The van der Waals surface area contributed by atoms with Gasteiger partial charge in [-0.1, -0.05) is 34.6 Å². The van der Waals surface area contributed by atoms with Crippen molar-refractivity contribution >= 4 is 0 Å². The average Bonchev–Trinajstić information content (AvgIpc) is 2.08. The van der Waals surface area contributed by atoms with Crippen molar-refractivity contribution in [2.45, 2.75) is 66.4 Å². The van der Waals surface area contributed by atoms with Crippen LogP contribution in [-0.4, -0.2) is 23.8 Å². The third kappa shape index (κ3) is 10.4. The normalized spacial score (nSPS) is 16.5. The summed E-state index contributed by atoms with van der Waals surface area (Å²) in [5.74, 6) is 0.680. The molecular formula is C14H31NO. The monoisotopic (exact) mass is 229 g/mol. The van der Waals surface area contributed by atoms with Crippen molar-refractivity contribution in [2.75, 3.05) is 13.1 Å². The Bertz CT molecular complexity index is 180. The van der Waals surface area contributed by atoms with Gasteiger partial charge in [0.2, 0.25) is 0 Å². The van der Waals surface area contributed by atoms with Crippen LogP contribution < -0.4 is 5.32 Å². The quantitative estimate of drug-likeness (QED) is 0.657. The van der Waals surface area contributed by atoms with Gasteiger partial charge in [0.1, 0.15) is 0 Å². The van der Waals surface area contributed by atoms with Crippen molar-refractivity contribution in [2.24, 2.45) is 11.3 Å². The molecule has 2 heteroatoms. The molecule has 0 bridgehead atoms. The molecule has 16 heavy (non-hydrogen) atoms. The van der Waals surface area contributed by atoms with Crippen LogP contribution in [0.2, 0.25) is 0 Å². The van der Waals surface area contributed by atoms with Gasteiger partial charge < -0.3 is 10.4 Å². The van der Waals surface area contributed by atoms with Crippen LogP contribution in [0.1, 0.15) is 60.8 Å². The van der Waals surface area contributed by atoms with Crippen molar-refractivity contribution in [1.82, 2.24) is 5.32 Å². The number of hydrogen-bond acceptors (Lipinski definition) is 2. The maximum atomic E-state index is 10.2. The van der Waals surface area contributed by atoms with Crippen molar-refractivity contribution in [3.05, 3.63) is 0 Å². The van der Waals surface area contributed by atoms with Gasteiger partial charge in [-0.25, -0.2) is 0 Å². The standard InChI is InChI=1S/C14H31NO/c1-12(2)11-15-10-9-14(6,16)8-7-13(3,4)5/h12,15-16H,7-11H2,1-6H3. The first kappa shape index (κ1) is 15.9. The molecule has 0 radical (unpaired) electrons. The Morgan fingerprint density at radius 3 is 2.00 bits per heavy atom. The van der Waals surface area contributed by atoms with Gasteiger partial charge in [0, 0.05) is 0 Å². The maximum absolute atomic E-state index is 10.2. The predicted octanol–water partition coefficient (Wildman–Crippen LogP) is 3.20. The summed E-state index contributed by atoms with van der Waals surface area (Å²) < 4.78 is 0. The van der Waals surface area contributed by atoms with E-state index in [1.807, 2.05) is 6.92 Å². The molecule has 0 rings (SSSR count). The molecule has 98 valence electrons. The van der Waals surface area contributed by atoms with Crippen LogP contribution in [0.5, 0.6) is 0 Å². The van der Waals surface area contributed by atoms with Crippen LogP contribution in [0.3, 0.4) is 0 Å². The van der Waals surface area contributed by atoms with Crippen molar-refractivity contribution in [3.8, 4) is 0 Å². The van der Waals surface area contributed by atoms with Gasteiger partial charge in [-0.15, -0.1) is 0 Å². The molecule has 2 nitrogen and oxygen atoms in total. The summed E-state index contributed by atoms with van der Waals surface area (Å²) in [6.45, 7) is 15.0. The van der Waals surface area contributed by atoms with Crippen molar-refractivity contribution < 1.29 is 5.11 Å². The summed E-state index contributed by atoms with van der Waals surface area (Å²) >= 11 is 0. The minimum atomic E-state index is -0.517. The second-order valence-corrected chi connectivity index (χ2v) is 6.91. The van der Waals surface area contributed by atoms with E-state index in [2.05, 4.69) is 39.9 Å². The number of rotatable bonds is 7. The minimum absolute atomic E-state index is 0.315. The molecule has 0 aliphatic heterocycles. The van der Waals surface area contributed by atoms with Gasteiger partial charge in [0.15, 0.2) is 0 Å². The molecule has 0 aliphatic carbocycles. The largest absolute Gasteiger partial charge is 0.390 e. The maximum Gasteiger partial charge on any atom is 0.0632 e. The number of hydrogen-bond donors (Lipinski definition) is 2. The van der Waals surface area contributed by atoms with Crippen LogP contribution in [0.25, 0.3) is 0 Å². The lowest BCUT2D eigenvalue weighted by atomic mass is 9.84. The van der Waals surface area contributed by atoms with E-state index >= 15 is 0 Å². The molecule has 0 aromatic rings. The molecule has 0 aromatic carbocycles. The first-order valence-corrected chi connectivity index (χ1v) is 6.55. The molecule has 1 unspecified atom stereocenters. The molecule has 0 amide bonds. The number of aliphatic hydroxyl groups is 1. The first-order chi connectivity index (χ1) is 7.12. The molecule has 0 saturated carbocycles. The predicted molar refractivity (Wildman–Crippen MR) is 71.6 cm³/mol. The number of nitrogens with one attached hydrogen (secondary N) is 1. The van der Waals surface area contributed by atoms with E-state index in [0.29, 0.717) is 11.3 Å². The first-order valence-electron chi connectivity index (χ1n) is 6.55. The van der Waals surface area contributed by atoms with Crippen LogP contribution in [0, 0.1) is 11.3 Å². The Morgan fingerprint density at radius 2 is 1.56 bits per heavy atom. The van der Waals surface area contributed by atoms with Crippen molar-refractivity contribution in [3.63, 3.8) is 0 Å². The summed E-state index contributed by atoms with van der Waals surface area (Å²) in [6.07, 6.45) is 2.81. The smallest absolute Gasteiger partial charge is 0.0632 e. The third-order valence-corrected chi connectivity index (χ3v) is 2.81. The van der Waals surface area contributed by atoms with E-state index in [1.165, 1.54) is 0 Å². The minimum Gasteiger partial charge on any atom is -0.390 e. The summed E-state index contributed by atoms with van der Waals surface area (Å²) in [5, 5.41) is 13.6. The Labute approximate surface area is 102 Å². The SMILES string of the molecule is CC(C)CNCCC(C)(O)CCC(C)(C)C. The van der Waals surface area contributed by atoms with Gasteiger partial charge in [-0.2, -0.15) is 0 Å². The average molecular weight is 229 g/mol. The molecular weight excluding hydrogens is 198 g/mol. The highest BCUT2D eigenvalue weighted by molar-refractivity contribution is 4.76. The highest BCUT2D eigenvalue weighted by atomic mass is 16.3. The van der Waals surface area contributed by atoms with E-state index in [1.54, 1.807) is 0 Å². The highest BCUT2D eigenvalue weighted by Gasteiger charge is 2.22. The Balaban J connectivity index is 3.70. The van der Waals surface area contributed by atoms with E-state index in [0.717, 1.165) is 32.4 Å². The van der Waals surface area contributed by atoms with Gasteiger partial charge >= 0.3 is 0 Å². The summed E-state index contributed by atoms with van der Waals surface area (Å²) in [5.41, 5.74) is -0.202. The molecule has 2 N–H and O–H groups in total. The van der Waals surface area contributed by atoms with E-state index in [4.69, 9.17) is 0 Å². The fourth-order valence-electron chi connectivity index (χ4n) is 1.52. The highest BCUT2D eigenvalue weighted by Crippen LogP contribution is 2.26. The molecule has 0 aliphatic rings. The van der Waals surface area contributed by atoms with E-state index in [9.17, 15) is 5.11 Å². The van der Waals surface area contributed by atoms with Gasteiger partial charge in [-0.05, 0) is 50.6 Å². The topological polar surface area (TPSA) is 32.3 Å². The van der Waals surface area contributed by atoms with Gasteiger partial charge in [0.05, 0.1) is 5.60 Å². The summed E-state index contributed by atoms with van der Waals surface area (Å²) in [4.78, 5) is 0. The second-order valence-electron chi connectivity index (χ2n) is 6.91. The molecule has 0 aromatic heterocycles. The van der Waals surface area contributed by atoms with E-state index in [-0.39, 0.29) is 0 Å². The second kappa shape index (κ2) is 6.61. The summed E-state index contributed by atoms with van der Waals surface area (Å²) in [7, 11) is 0. The zero-order chi connectivity index (χ0) is 12.8. The van der Waals surface area contributed by atoms with Crippen molar-refractivity contribution in [1.29, 1.82) is 0 Å². The molecule has 0 heterocycles. The third-order valence-electron chi connectivity index (χ3n) is 2.81.